The fourth-order valence-electron chi connectivity index (χ4n) is 1.35. The van der Waals surface area contributed by atoms with E-state index >= 15 is 0 Å². The van der Waals surface area contributed by atoms with E-state index < -0.39 is 0 Å². The van der Waals surface area contributed by atoms with Crippen LogP contribution in [0.1, 0.15) is 52.9 Å². The maximum atomic E-state index is 4.16. The molecule has 0 aromatic rings. The Morgan fingerprint density at radius 3 is 1.67 bits per heavy atom. The molecular formula is C21H38HfN2. The molecule has 1 rings (SSSR count). The fourth-order valence-corrected chi connectivity index (χ4v) is 1.35. The quantitative estimate of drug-likeness (QED) is 0.137. The zero-order valence-electron chi connectivity index (χ0n) is 16.3. The molecule has 0 unspecified atom stereocenters. The standard InChI is InChI=1S/2C7H14N.C5H5.C2H5.Hf/c2*1-3-5-6-7-8-4-2;1-2-4-5-3-1;1-2;/h2*3H,1,4-7H2,2H3;1-3H,4H2;1H2,2H3;/q4*-1;+4. The first kappa shape index (κ1) is 31.5. The Bertz CT molecular complexity index is 235. The van der Waals surface area contributed by atoms with Crippen molar-refractivity contribution < 1.29 is 25.8 Å². The minimum atomic E-state index is 0. The summed E-state index contributed by atoms with van der Waals surface area (Å²) in [5, 5.41) is 8.32. The Morgan fingerprint density at radius 2 is 1.46 bits per heavy atom. The third-order valence-electron chi connectivity index (χ3n) is 2.48. The Kier molecular flexibility index (Phi) is 50.4. The van der Waals surface area contributed by atoms with E-state index in [0.29, 0.717) is 0 Å². The number of allylic oxidation sites excluding steroid dienone is 6. The van der Waals surface area contributed by atoms with Crippen LogP contribution in [0.2, 0.25) is 0 Å². The van der Waals surface area contributed by atoms with Gasteiger partial charge in [0.2, 0.25) is 0 Å². The van der Waals surface area contributed by atoms with E-state index in [9.17, 15) is 0 Å². The summed E-state index contributed by atoms with van der Waals surface area (Å²) < 4.78 is 0. The SMILES string of the molecule is C=CCCC[N-]CC.C=CCCC[N-]CC.[C-]1=CC=CC1.[CH2-]C.[Hf+4]. The first-order valence-corrected chi connectivity index (χ1v) is 8.74. The second kappa shape index (κ2) is 38.4. The van der Waals surface area contributed by atoms with Crippen molar-refractivity contribution in [3.63, 3.8) is 0 Å². The summed E-state index contributed by atoms with van der Waals surface area (Å²) in [6, 6.07) is 0. The molecule has 0 N–H and O–H groups in total. The van der Waals surface area contributed by atoms with Gasteiger partial charge in [-0.2, -0.15) is 26.1 Å². The van der Waals surface area contributed by atoms with E-state index in [1.54, 1.807) is 6.92 Å². The first-order valence-electron chi connectivity index (χ1n) is 8.74. The average molecular weight is 497 g/mol. The molecule has 0 heterocycles. The molecule has 1 aliphatic carbocycles. The van der Waals surface area contributed by atoms with Gasteiger partial charge in [0, 0.05) is 0 Å². The molecule has 3 heteroatoms. The zero-order valence-corrected chi connectivity index (χ0v) is 19.9. The first-order chi connectivity index (χ1) is 11.3. The molecule has 0 aromatic carbocycles. The van der Waals surface area contributed by atoms with E-state index in [1.165, 1.54) is 0 Å². The van der Waals surface area contributed by atoms with Crippen molar-refractivity contribution in [3.8, 4) is 0 Å². The third kappa shape index (κ3) is 43.0. The number of unbranched alkanes of at least 4 members (excludes halogenated alkanes) is 2. The average Bonchev–Trinajstić information content (AvgIpc) is 3.18. The number of hydrogen-bond acceptors (Lipinski definition) is 0. The van der Waals surface area contributed by atoms with E-state index in [2.05, 4.69) is 56.7 Å². The maximum absolute atomic E-state index is 4.16. The molecular weight excluding hydrogens is 459 g/mol. The molecule has 1 aliphatic rings. The van der Waals surface area contributed by atoms with Crippen LogP contribution in [0.4, 0.5) is 0 Å². The van der Waals surface area contributed by atoms with Gasteiger partial charge in [-0.1, -0.05) is 38.8 Å². The summed E-state index contributed by atoms with van der Waals surface area (Å²) in [5.74, 6) is 0. The molecule has 0 aliphatic heterocycles. The van der Waals surface area contributed by atoms with Crippen molar-refractivity contribution in [2.45, 2.75) is 52.9 Å². The number of hydrogen-bond donors (Lipinski definition) is 0. The topological polar surface area (TPSA) is 28.2 Å². The van der Waals surface area contributed by atoms with Crippen LogP contribution in [0.5, 0.6) is 0 Å². The van der Waals surface area contributed by atoms with Crippen molar-refractivity contribution in [2.75, 3.05) is 26.2 Å². The van der Waals surface area contributed by atoms with Crippen molar-refractivity contribution in [3.05, 3.63) is 67.2 Å². The predicted octanol–water partition coefficient (Wildman–Crippen LogP) is 6.84. The van der Waals surface area contributed by atoms with E-state index in [-0.39, 0.29) is 25.8 Å². The second-order valence-electron chi connectivity index (χ2n) is 4.39. The van der Waals surface area contributed by atoms with E-state index in [4.69, 9.17) is 0 Å². The third-order valence-corrected chi connectivity index (χ3v) is 2.48. The van der Waals surface area contributed by atoms with Gasteiger partial charge in [0.05, 0.1) is 0 Å². The largest absolute Gasteiger partial charge is 4.00 e. The van der Waals surface area contributed by atoms with Crippen molar-refractivity contribution in [1.82, 2.24) is 0 Å². The summed E-state index contributed by atoms with van der Waals surface area (Å²) in [6.45, 7) is 20.3. The van der Waals surface area contributed by atoms with Crippen molar-refractivity contribution in [1.29, 1.82) is 0 Å². The van der Waals surface area contributed by atoms with Gasteiger partial charge in [0.1, 0.15) is 0 Å². The van der Waals surface area contributed by atoms with Gasteiger partial charge in [-0.25, -0.2) is 12.2 Å². The summed E-state index contributed by atoms with van der Waals surface area (Å²) >= 11 is 0. The summed E-state index contributed by atoms with van der Waals surface area (Å²) in [6.07, 6.45) is 18.4. The van der Waals surface area contributed by atoms with E-state index in [1.807, 2.05) is 24.3 Å². The van der Waals surface area contributed by atoms with Crippen LogP contribution < -0.4 is 0 Å². The van der Waals surface area contributed by atoms with Crippen LogP contribution in [0.3, 0.4) is 0 Å². The molecule has 0 aromatic heterocycles. The molecule has 0 spiro atoms. The van der Waals surface area contributed by atoms with Crippen LogP contribution in [-0.2, 0) is 25.8 Å². The Morgan fingerprint density at radius 1 is 1.00 bits per heavy atom. The molecule has 0 amide bonds. The van der Waals surface area contributed by atoms with Gasteiger partial charge in [0.15, 0.2) is 0 Å². The summed E-state index contributed by atoms with van der Waals surface area (Å²) in [7, 11) is 0. The molecule has 0 atom stereocenters. The normalized spacial score (nSPS) is 10.0. The van der Waals surface area contributed by atoms with Gasteiger partial charge in [0.25, 0.3) is 0 Å². The van der Waals surface area contributed by atoms with Gasteiger partial charge in [-0.15, -0.1) is 32.7 Å². The smallest absolute Gasteiger partial charge is 0.662 e. The molecule has 24 heavy (non-hydrogen) atoms. The minimum Gasteiger partial charge on any atom is -0.662 e. The summed E-state index contributed by atoms with van der Waals surface area (Å²) in [4.78, 5) is 0. The maximum Gasteiger partial charge on any atom is 4.00 e. The number of rotatable bonds is 10. The number of nitrogens with zero attached hydrogens (tertiary/aromatic N) is 2. The molecule has 0 bridgehead atoms. The van der Waals surface area contributed by atoms with Crippen molar-refractivity contribution >= 4 is 0 Å². The Labute approximate surface area is 171 Å². The summed E-state index contributed by atoms with van der Waals surface area (Å²) in [5.41, 5.74) is 0. The van der Waals surface area contributed by atoms with Gasteiger partial charge in [-0.05, 0) is 12.8 Å². The Balaban J connectivity index is -0.000000118. The molecule has 2 nitrogen and oxygen atoms in total. The fraction of sp³-hybridized carbons (Fsp3) is 0.571. The molecule has 0 radical (unpaired) electrons. The second-order valence-corrected chi connectivity index (χ2v) is 4.39. The van der Waals surface area contributed by atoms with Gasteiger partial charge < -0.3 is 17.6 Å². The predicted molar refractivity (Wildman–Crippen MR) is 109 cm³/mol. The monoisotopic (exact) mass is 498 g/mol. The Hall–Kier alpha value is -0.250. The van der Waals surface area contributed by atoms with Gasteiger partial charge >= 0.3 is 25.8 Å². The van der Waals surface area contributed by atoms with E-state index in [0.717, 1.165) is 58.3 Å². The van der Waals surface area contributed by atoms with Crippen LogP contribution in [0, 0.1) is 13.0 Å². The van der Waals surface area contributed by atoms with Crippen LogP contribution in [0.15, 0.2) is 43.5 Å². The van der Waals surface area contributed by atoms with Crippen molar-refractivity contribution in [2.24, 2.45) is 0 Å². The van der Waals surface area contributed by atoms with Crippen LogP contribution in [0.25, 0.3) is 10.6 Å². The van der Waals surface area contributed by atoms with Crippen LogP contribution in [-0.4, -0.2) is 26.2 Å². The molecule has 0 saturated heterocycles. The van der Waals surface area contributed by atoms with Gasteiger partial charge in [-0.3, -0.25) is 6.08 Å². The molecule has 136 valence electrons. The minimum absolute atomic E-state index is 0. The molecule has 0 saturated carbocycles. The zero-order chi connectivity index (χ0) is 18.0. The van der Waals surface area contributed by atoms with Crippen LogP contribution >= 0.6 is 0 Å². The molecule has 0 fully saturated rings.